The Morgan fingerprint density at radius 3 is 2.70 bits per heavy atom. The van der Waals surface area contributed by atoms with E-state index in [0.29, 0.717) is 11.8 Å². The number of fused-ring (bicyclic) bond motifs is 2. The molecule has 1 N–H and O–H groups in total. The predicted octanol–water partition coefficient (Wildman–Crippen LogP) is 3.83. The number of piperidine rings is 3. The van der Waals surface area contributed by atoms with Gasteiger partial charge < -0.3 is 10.2 Å². The molecule has 2 bridgehead atoms. The summed E-state index contributed by atoms with van der Waals surface area (Å²) in [6.45, 7) is 3.46. The molecule has 6 rings (SSSR count). The average molecular weight is 332 g/mol. The van der Waals surface area contributed by atoms with E-state index in [-0.39, 0.29) is 5.60 Å². The molecule has 5 aliphatic rings. The van der Waals surface area contributed by atoms with Crippen molar-refractivity contribution < 1.29 is 4.84 Å². The third-order valence-electron chi connectivity index (χ3n) is 5.93. The molecule has 4 heterocycles. The second-order valence-corrected chi connectivity index (χ2v) is 7.96. The zero-order valence-electron chi connectivity index (χ0n) is 13.2. The molecule has 1 atom stereocenters. The number of nitrogens with zero attached hydrogens (tertiary/aromatic N) is 2. The van der Waals surface area contributed by atoms with Gasteiger partial charge in [-0.05, 0) is 62.4 Å². The fraction of sp³-hybridized carbons (Fsp3) is 0.611. The Bertz CT molecular complexity index is 664. The van der Waals surface area contributed by atoms with Gasteiger partial charge in [0.2, 0.25) is 0 Å². The molecule has 0 amide bonds. The van der Waals surface area contributed by atoms with Crippen LogP contribution in [0.15, 0.2) is 23.4 Å². The molecule has 1 aliphatic carbocycles. The van der Waals surface area contributed by atoms with E-state index in [9.17, 15) is 0 Å². The number of hydrogen-bond acceptors (Lipinski definition) is 4. The number of amidine groups is 1. The maximum absolute atomic E-state index is 6.43. The second-order valence-electron chi connectivity index (χ2n) is 7.56. The lowest BCUT2D eigenvalue weighted by atomic mass is 9.73. The van der Waals surface area contributed by atoms with Crippen molar-refractivity contribution in [3.8, 4) is 0 Å². The summed E-state index contributed by atoms with van der Waals surface area (Å²) in [5.74, 6) is 2.27. The number of hydrogen-bond donors (Lipinski definition) is 1. The van der Waals surface area contributed by atoms with Gasteiger partial charge >= 0.3 is 0 Å². The van der Waals surface area contributed by atoms with Crippen molar-refractivity contribution in [3.05, 3.63) is 28.8 Å². The summed E-state index contributed by atoms with van der Waals surface area (Å²) >= 11 is 6.43. The highest BCUT2D eigenvalue weighted by atomic mass is 35.5. The molecule has 4 aliphatic heterocycles. The van der Waals surface area contributed by atoms with Gasteiger partial charge in [0.15, 0.2) is 11.4 Å². The van der Waals surface area contributed by atoms with Crippen molar-refractivity contribution in [2.24, 2.45) is 11.1 Å². The second kappa shape index (κ2) is 5.12. The van der Waals surface area contributed by atoms with Crippen LogP contribution < -0.4 is 5.32 Å². The van der Waals surface area contributed by atoms with Gasteiger partial charge in [0.05, 0.1) is 6.42 Å². The first-order chi connectivity index (χ1) is 11.2. The van der Waals surface area contributed by atoms with Crippen LogP contribution in [0.2, 0.25) is 5.02 Å². The molecular formula is C18H22ClN3O. The lowest BCUT2D eigenvalue weighted by molar-refractivity contribution is -0.136. The first-order valence-corrected chi connectivity index (χ1v) is 9.13. The summed E-state index contributed by atoms with van der Waals surface area (Å²) < 4.78 is 0. The summed E-state index contributed by atoms with van der Waals surface area (Å²) in [6, 6.07) is 6.30. The van der Waals surface area contributed by atoms with E-state index in [1.807, 2.05) is 6.07 Å². The number of anilines is 1. The predicted molar refractivity (Wildman–Crippen MR) is 92.1 cm³/mol. The fourth-order valence-corrected chi connectivity index (χ4v) is 4.82. The molecule has 0 radical (unpaired) electrons. The van der Waals surface area contributed by atoms with Gasteiger partial charge in [-0.3, -0.25) is 4.90 Å². The fourth-order valence-electron chi connectivity index (χ4n) is 4.49. The number of benzene rings is 1. The van der Waals surface area contributed by atoms with Crippen LogP contribution in [0.1, 0.15) is 43.6 Å². The quantitative estimate of drug-likeness (QED) is 0.895. The zero-order valence-corrected chi connectivity index (χ0v) is 14.0. The maximum Gasteiger partial charge on any atom is 0.160 e. The van der Waals surface area contributed by atoms with Crippen LogP contribution in [-0.4, -0.2) is 36.0 Å². The van der Waals surface area contributed by atoms with Crippen molar-refractivity contribution in [1.82, 2.24) is 4.90 Å². The van der Waals surface area contributed by atoms with Crippen LogP contribution in [0.3, 0.4) is 0 Å². The molecule has 1 aromatic rings. The molecule has 3 saturated heterocycles. The van der Waals surface area contributed by atoms with Gasteiger partial charge in [-0.1, -0.05) is 22.8 Å². The summed E-state index contributed by atoms with van der Waals surface area (Å²) in [5, 5.41) is 8.65. The van der Waals surface area contributed by atoms with Gasteiger partial charge in [0, 0.05) is 23.2 Å². The monoisotopic (exact) mass is 331 g/mol. The van der Waals surface area contributed by atoms with E-state index >= 15 is 0 Å². The average Bonchev–Trinajstić information content (AvgIpc) is 3.33. The minimum atomic E-state index is -0.0867. The third-order valence-corrected chi connectivity index (χ3v) is 6.26. The van der Waals surface area contributed by atoms with Gasteiger partial charge in [-0.15, -0.1) is 0 Å². The molecule has 1 aromatic carbocycles. The minimum absolute atomic E-state index is 0.0867. The molecule has 4 fully saturated rings. The highest BCUT2D eigenvalue weighted by Crippen LogP contribution is 2.45. The van der Waals surface area contributed by atoms with E-state index < -0.39 is 0 Å². The van der Waals surface area contributed by atoms with Crippen LogP contribution in [-0.2, 0) is 4.84 Å². The SMILES string of the molecule is Clc1cc(NC2=NO[C@@]3(C2)CN2CCC3CC2)ccc1C1CC1. The van der Waals surface area contributed by atoms with Crippen molar-refractivity contribution in [2.75, 3.05) is 25.0 Å². The molecule has 23 heavy (non-hydrogen) atoms. The topological polar surface area (TPSA) is 36.9 Å². The number of oxime groups is 1. The molecular weight excluding hydrogens is 310 g/mol. The maximum atomic E-state index is 6.43. The lowest BCUT2D eigenvalue weighted by Gasteiger charge is -2.49. The summed E-state index contributed by atoms with van der Waals surface area (Å²) in [5.41, 5.74) is 2.21. The van der Waals surface area contributed by atoms with Crippen molar-refractivity contribution in [1.29, 1.82) is 0 Å². The Kier molecular flexibility index (Phi) is 3.14. The molecule has 122 valence electrons. The summed E-state index contributed by atoms with van der Waals surface area (Å²) in [4.78, 5) is 8.47. The van der Waals surface area contributed by atoms with Gasteiger partial charge in [-0.2, -0.15) is 0 Å². The minimum Gasteiger partial charge on any atom is -0.386 e. The summed E-state index contributed by atoms with van der Waals surface area (Å²) in [7, 11) is 0. The van der Waals surface area contributed by atoms with Gasteiger partial charge in [0.1, 0.15) is 0 Å². The van der Waals surface area contributed by atoms with Crippen molar-refractivity contribution in [2.45, 2.75) is 43.6 Å². The summed E-state index contributed by atoms with van der Waals surface area (Å²) in [6.07, 6.45) is 5.91. The first kappa shape index (κ1) is 14.1. The molecule has 4 nitrogen and oxygen atoms in total. The molecule has 1 saturated carbocycles. The van der Waals surface area contributed by atoms with Crippen molar-refractivity contribution in [3.63, 3.8) is 0 Å². The third kappa shape index (κ3) is 2.43. The molecule has 0 aromatic heterocycles. The highest BCUT2D eigenvalue weighted by molar-refractivity contribution is 6.31. The Hall–Kier alpha value is -1.26. The van der Waals surface area contributed by atoms with Crippen molar-refractivity contribution >= 4 is 23.1 Å². The van der Waals surface area contributed by atoms with Crippen LogP contribution in [0.4, 0.5) is 5.69 Å². The largest absolute Gasteiger partial charge is 0.386 e. The number of rotatable bonds is 2. The number of nitrogens with one attached hydrogen (secondary N) is 1. The Morgan fingerprint density at radius 1 is 1.22 bits per heavy atom. The van der Waals surface area contributed by atoms with Gasteiger partial charge in [-0.25, -0.2) is 0 Å². The molecule has 5 heteroatoms. The molecule has 0 unspecified atom stereocenters. The standard InChI is InChI=1S/C18H22ClN3O/c19-16-9-14(3-4-15(16)12-1-2-12)20-17-10-18(23-21-17)11-22-7-5-13(18)6-8-22/h3-4,9,12-13H,1-2,5-8,10-11H2,(H,20,21)/t18-/m0/s1. The molecule has 1 spiro atoms. The van der Waals surface area contributed by atoms with E-state index in [1.54, 1.807) is 0 Å². The Balaban J connectivity index is 1.29. The van der Waals surface area contributed by atoms with E-state index in [2.05, 4.69) is 27.5 Å². The van der Waals surface area contributed by atoms with Crippen LogP contribution in [0, 0.1) is 5.92 Å². The van der Waals surface area contributed by atoms with Crippen LogP contribution in [0.5, 0.6) is 0 Å². The zero-order chi connectivity index (χ0) is 15.4. The number of halogens is 1. The van der Waals surface area contributed by atoms with E-state index in [0.717, 1.165) is 29.5 Å². The first-order valence-electron chi connectivity index (χ1n) is 8.76. The Labute approximate surface area is 141 Å². The normalized spacial score (nSPS) is 35.3. The lowest BCUT2D eigenvalue weighted by Crippen LogP contribution is -2.59. The smallest absolute Gasteiger partial charge is 0.160 e. The van der Waals surface area contributed by atoms with Crippen LogP contribution in [0.25, 0.3) is 0 Å². The van der Waals surface area contributed by atoms with Gasteiger partial charge in [0.25, 0.3) is 0 Å². The van der Waals surface area contributed by atoms with Crippen LogP contribution >= 0.6 is 11.6 Å². The Morgan fingerprint density at radius 2 is 2.04 bits per heavy atom. The van der Waals surface area contributed by atoms with E-state index in [1.165, 1.54) is 44.3 Å². The highest BCUT2D eigenvalue weighted by Gasteiger charge is 2.52. The van der Waals surface area contributed by atoms with E-state index in [4.69, 9.17) is 16.4 Å².